The van der Waals surface area contributed by atoms with Crippen molar-refractivity contribution < 1.29 is 18.7 Å². The number of benzene rings is 2. The van der Waals surface area contributed by atoms with Crippen molar-refractivity contribution in [3.63, 3.8) is 0 Å². The van der Waals surface area contributed by atoms with Gasteiger partial charge in [-0.2, -0.15) is 8.78 Å². The van der Waals surface area contributed by atoms with E-state index < -0.39 is 17.8 Å². The summed E-state index contributed by atoms with van der Waals surface area (Å²) < 4.78 is 28.0. The zero-order chi connectivity index (χ0) is 14.6. The molecule has 1 N–H and O–H groups in total. The van der Waals surface area contributed by atoms with Crippen molar-refractivity contribution in [2.24, 2.45) is 0 Å². The molecule has 0 saturated carbocycles. The molecule has 2 aromatic rings. The van der Waals surface area contributed by atoms with Crippen LogP contribution in [0.3, 0.4) is 0 Å². The Morgan fingerprint density at radius 2 is 1.50 bits per heavy atom. The van der Waals surface area contributed by atoms with Gasteiger partial charge in [0.25, 0.3) is 0 Å². The van der Waals surface area contributed by atoms with E-state index in [2.05, 4.69) is 0 Å². The summed E-state index contributed by atoms with van der Waals surface area (Å²) in [4.78, 5) is 10.9. The predicted molar refractivity (Wildman–Crippen MR) is 71.9 cm³/mol. The van der Waals surface area contributed by atoms with Crippen LogP contribution >= 0.6 is 0 Å². The van der Waals surface area contributed by atoms with E-state index in [1.165, 1.54) is 12.1 Å². The Bertz CT molecular complexity index is 568. The SMILES string of the molecule is O=C(O)C(F)(F)C(Cc1ccccc1)c1ccccc1. The van der Waals surface area contributed by atoms with Crippen molar-refractivity contribution in [1.82, 2.24) is 0 Å². The lowest BCUT2D eigenvalue weighted by atomic mass is 9.86. The summed E-state index contributed by atoms with van der Waals surface area (Å²) in [6.07, 6.45) is -0.0237. The predicted octanol–water partition coefficient (Wildman–Crippen LogP) is 3.73. The minimum atomic E-state index is -3.81. The molecule has 0 spiro atoms. The fourth-order valence-corrected chi connectivity index (χ4v) is 2.14. The van der Waals surface area contributed by atoms with E-state index in [1.807, 2.05) is 0 Å². The van der Waals surface area contributed by atoms with Crippen LogP contribution in [0.4, 0.5) is 8.78 Å². The summed E-state index contributed by atoms with van der Waals surface area (Å²) in [5, 5.41) is 8.80. The summed E-state index contributed by atoms with van der Waals surface area (Å²) in [7, 11) is 0. The first-order valence-corrected chi connectivity index (χ1v) is 6.22. The number of carbonyl (C=O) groups is 1. The number of hydrogen-bond acceptors (Lipinski definition) is 1. The van der Waals surface area contributed by atoms with Gasteiger partial charge in [-0.3, -0.25) is 0 Å². The number of carboxylic acids is 1. The van der Waals surface area contributed by atoms with Crippen LogP contribution < -0.4 is 0 Å². The van der Waals surface area contributed by atoms with Crippen molar-refractivity contribution >= 4 is 5.97 Å². The van der Waals surface area contributed by atoms with Crippen LogP contribution in [0.1, 0.15) is 17.0 Å². The lowest BCUT2D eigenvalue weighted by Crippen LogP contribution is -2.36. The Labute approximate surface area is 115 Å². The molecule has 104 valence electrons. The van der Waals surface area contributed by atoms with E-state index in [9.17, 15) is 13.6 Å². The summed E-state index contributed by atoms with van der Waals surface area (Å²) in [6.45, 7) is 0. The minimum absolute atomic E-state index is 0.0237. The molecule has 0 aliphatic rings. The summed E-state index contributed by atoms with van der Waals surface area (Å²) >= 11 is 0. The average Bonchev–Trinajstić information content (AvgIpc) is 2.46. The van der Waals surface area contributed by atoms with Crippen molar-refractivity contribution in [3.8, 4) is 0 Å². The van der Waals surface area contributed by atoms with Crippen LogP contribution in [0.25, 0.3) is 0 Å². The third kappa shape index (κ3) is 3.02. The highest BCUT2D eigenvalue weighted by atomic mass is 19.3. The van der Waals surface area contributed by atoms with Crippen LogP contribution in [0, 0.1) is 0 Å². The zero-order valence-corrected chi connectivity index (χ0v) is 10.7. The summed E-state index contributed by atoms with van der Waals surface area (Å²) in [6, 6.07) is 16.7. The molecule has 2 rings (SSSR count). The molecule has 0 heterocycles. The number of rotatable bonds is 5. The van der Waals surface area contributed by atoms with Gasteiger partial charge in [-0.15, -0.1) is 0 Å². The standard InChI is InChI=1S/C16H14F2O2/c17-16(18,15(19)20)14(13-9-5-2-6-10-13)11-12-7-3-1-4-8-12/h1-10,14H,11H2,(H,19,20). The quantitative estimate of drug-likeness (QED) is 0.903. The number of hydrogen-bond donors (Lipinski definition) is 1. The third-order valence-electron chi connectivity index (χ3n) is 3.21. The van der Waals surface area contributed by atoms with Gasteiger partial charge < -0.3 is 5.11 Å². The minimum Gasteiger partial charge on any atom is -0.477 e. The highest BCUT2D eigenvalue weighted by Crippen LogP contribution is 2.36. The molecule has 2 nitrogen and oxygen atoms in total. The molecule has 0 aromatic heterocycles. The van der Waals surface area contributed by atoms with Gasteiger partial charge in [0.2, 0.25) is 0 Å². The Hall–Kier alpha value is -2.23. The maximum absolute atomic E-state index is 14.0. The van der Waals surface area contributed by atoms with Gasteiger partial charge >= 0.3 is 11.9 Å². The maximum atomic E-state index is 14.0. The van der Waals surface area contributed by atoms with Gasteiger partial charge in [0.1, 0.15) is 0 Å². The first kappa shape index (κ1) is 14.2. The van der Waals surface area contributed by atoms with Crippen LogP contribution in [-0.4, -0.2) is 17.0 Å². The van der Waals surface area contributed by atoms with Gasteiger partial charge in [0, 0.05) is 0 Å². The van der Waals surface area contributed by atoms with Gasteiger partial charge in [0.05, 0.1) is 5.92 Å². The molecule has 0 radical (unpaired) electrons. The Balaban J connectivity index is 2.37. The van der Waals surface area contributed by atoms with Crippen molar-refractivity contribution in [2.45, 2.75) is 18.3 Å². The fraction of sp³-hybridized carbons (Fsp3) is 0.188. The van der Waals surface area contributed by atoms with Crippen LogP contribution in [0.5, 0.6) is 0 Å². The molecule has 4 heteroatoms. The van der Waals surface area contributed by atoms with E-state index in [1.54, 1.807) is 48.5 Å². The van der Waals surface area contributed by atoms with Crippen LogP contribution in [0.15, 0.2) is 60.7 Å². The fourth-order valence-electron chi connectivity index (χ4n) is 2.14. The number of aliphatic carboxylic acids is 1. The van der Waals surface area contributed by atoms with E-state index in [4.69, 9.17) is 5.11 Å². The molecule has 1 atom stereocenters. The Morgan fingerprint density at radius 3 is 2.00 bits per heavy atom. The molecule has 0 aliphatic carbocycles. The molecule has 2 aromatic carbocycles. The lowest BCUT2D eigenvalue weighted by molar-refractivity contribution is -0.168. The van der Waals surface area contributed by atoms with Crippen molar-refractivity contribution in [3.05, 3.63) is 71.8 Å². The highest BCUT2D eigenvalue weighted by molar-refractivity contribution is 5.77. The molecule has 0 aliphatic heterocycles. The summed E-state index contributed by atoms with van der Waals surface area (Å²) in [5.41, 5.74) is 1.01. The first-order valence-electron chi connectivity index (χ1n) is 6.22. The maximum Gasteiger partial charge on any atom is 0.375 e. The Morgan fingerprint density at radius 1 is 1.00 bits per heavy atom. The molecule has 20 heavy (non-hydrogen) atoms. The van der Waals surface area contributed by atoms with E-state index in [-0.39, 0.29) is 6.42 Å². The molecule has 0 saturated heterocycles. The number of carboxylic acid groups (broad SMARTS) is 1. The first-order chi connectivity index (χ1) is 9.51. The largest absolute Gasteiger partial charge is 0.477 e. The van der Waals surface area contributed by atoms with E-state index in [0.717, 1.165) is 0 Å². The van der Waals surface area contributed by atoms with Crippen molar-refractivity contribution in [2.75, 3.05) is 0 Å². The smallest absolute Gasteiger partial charge is 0.375 e. The molecular weight excluding hydrogens is 262 g/mol. The summed E-state index contributed by atoms with van der Waals surface area (Å²) in [5.74, 6) is -7.29. The molecular formula is C16H14F2O2. The van der Waals surface area contributed by atoms with Crippen LogP contribution in [0.2, 0.25) is 0 Å². The van der Waals surface area contributed by atoms with Crippen LogP contribution in [-0.2, 0) is 11.2 Å². The third-order valence-corrected chi connectivity index (χ3v) is 3.21. The average molecular weight is 276 g/mol. The monoisotopic (exact) mass is 276 g/mol. The number of halogens is 2. The lowest BCUT2D eigenvalue weighted by Gasteiger charge is -2.24. The van der Waals surface area contributed by atoms with Crippen molar-refractivity contribution in [1.29, 1.82) is 0 Å². The van der Waals surface area contributed by atoms with Gasteiger partial charge in [-0.05, 0) is 17.5 Å². The second-order valence-electron chi connectivity index (χ2n) is 4.58. The molecule has 1 unspecified atom stereocenters. The second kappa shape index (κ2) is 5.82. The second-order valence-corrected chi connectivity index (χ2v) is 4.58. The van der Waals surface area contributed by atoms with E-state index in [0.29, 0.717) is 11.1 Å². The van der Waals surface area contributed by atoms with E-state index >= 15 is 0 Å². The van der Waals surface area contributed by atoms with Gasteiger partial charge in [-0.25, -0.2) is 4.79 Å². The Kier molecular flexibility index (Phi) is 4.13. The normalized spacial score (nSPS) is 12.9. The van der Waals surface area contributed by atoms with Gasteiger partial charge in [-0.1, -0.05) is 60.7 Å². The molecule has 0 fully saturated rings. The number of alkyl halides is 2. The molecule has 0 amide bonds. The highest BCUT2D eigenvalue weighted by Gasteiger charge is 2.48. The van der Waals surface area contributed by atoms with Gasteiger partial charge in [0.15, 0.2) is 0 Å². The zero-order valence-electron chi connectivity index (χ0n) is 10.7. The molecule has 0 bridgehead atoms. The topological polar surface area (TPSA) is 37.3 Å².